The summed E-state index contributed by atoms with van der Waals surface area (Å²) < 4.78 is 16.6. The van der Waals surface area contributed by atoms with Crippen LogP contribution in [0.15, 0.2) is 108 Å². The number of carbonyl (C=O) groups excluding carboxylic acids is 2. The Bertz CT molecular complexity index is 1480. The van der Waals surface area contributed by atoms with E-state index < -0.39 is 11.9 Å². The van der Waals surface area contributed by atoms with Crippen LogP contribution in [0.5, 0.6) is 17.2 Å². The van der Waals surface area contributed by atoms with E-state index in [0.29, 0.717) is 27.6 Å². The first-order valence-electron chi connectivity index (χ1n) is 11.9. The van der Waals surface area contributed by atoms with Gasteiger partial charge in [-0.05, 0) is 65.2 Å². The molecule has 196 valence electrons. The number of hydrazone groups is 1. The van der Waals surface area contributed by atoms with Crippen LogP contribution in [0.3, 0.4) is 0 Å². The van der Waals surface area contributed by atoms with E-state index in [1.807, 2.05) is 42.5 Å². The first-order valence-corrected chi connectivity index (χ1v) is 12.3. The number of methoxy groups -OCH3 is 1. The standard InChI is InChI=1S/C31H25ClN2O5/c1-37-29-19-24(13-17-28(29)39-30(35)18-14-22-7-3-2-4-8-22)20-33-34-31(36)26-9-5-6-10-27(26)38-21-23-11-15-25(32)16-12-23/h2-20H,21H2,1H3,(H,34,36)/b18-14+,33-20+. The highest BCUT2D eigenvalue weighted by Gasteiger charge is 2.12. The van der Waals surface area contributed by atoms with Crippen LogP contribution >= 0.6 is 11.6 Å². The van der Waals surface area contributed by atoms with Gasteiger partial charge >= 0.3 is 5.97 Å². The predicted octanol–water partition coefficient (Wildman–Crippen LogP) is 6.31. The minimum atomic E-state index is -0.539. The van der Waals surface area contributed by atoms with Gasteiger partial charge in [0.25, 0.3) is 5.91 Å². The Balaban J connectivity index is 1.36. The molecule has 8 heteroatoms. The zero-order valence-electron chi connectivity index (χ0n) is 21.0. The number of hydrogen-bond acceptors (Lipinski definition) is 6. The molecule has 0 radical (unpaired) electrons. The first kappa shape index (κ1) is 27.2. The van der Waals surface area contributed by atoms with Crippen LogP contribution in [0.4, 0.5) is 0 Å². The van der Waals surface area contributed by atoms with Crippen molar-refractivity contribution in [1.29, 1.82) is 0 Å². The molecule has 0 aromatic heterocycles. The smallest absolute Gasteiger partial charge is 0.336 e. The van der Waals surface area contributed by atoms with E-state index in [0.717, 1.165) is 11.1 Å². The maximum absolute atomic E-state index is 12.8. The van der Waals surface area contributed by atoms with Gasteiger partial charge in [-0.1, -0.05) is 66.2 Å². The lowest BCUT2D eigenvalue weighted by molar-refractivity contribution is -0.129. The van der Waals surface area contributed by atoms with Crippen molar-refractivity contribution in [3.63, 3.8) is 0 Å². The molecule has 1 N–H and O–H groups in total. The molecular formula is C31H25ClN2O5. The number of nitrogens with one attached hydrogen (secondary N) is 1. The summed E-state index contributed by atoms with van der Waals surface area (Å²) in [5, 5.41) is 4.69. The van der Waals surface area contributed by atoms with Crippen LogP contribution in [0, 0.1) is 0 Å². The van der Waals surface area contributed by atoms with Gasteiger partial charge in [-0.3, -0.25) is 4.79 Å². The van der Waals surface area contributed by atoms with Crippen molar-refractivity contribution in [3.8, 4) is 17.2 Å². The van der Waals surface area contributed by atoms with Gasteiger partial charge in [-0.15, -0.1) is 0 Å². The highest BCUT2D eigenvalue weighted by atomic mass is 35.5. The quantitative estimate of drug-likeness (QED) is 0.0837. The van der Waals surface area contributed by atoms with Gasteiger partial charge in [0.05, 0.1) is 18.9 Å². The van der Waals surface area contributed by atoms with Gasteiger partial charge < -0.3 is 14.2 Å². The molecule has 0 saturated carbocycles. The molecule has 4 aromatic carbocycles. The van der Waals surface area contributed by atoms with E-state index in [-0.39, 0.29) is 12.4 Å². The average molecular weight is 541 g/mol. The number of ether oxygens (including phenoxy) is 3. The SMILES string of the molecule is COc1cc(/C=N/NC(=O)c2ccccc2OCc2ccc(Cl)cc2)ccc1OC(=O)/C=C/c1ccccc1. The third-order valence-corrected chi connectivity index (χ3v) is 5.68. The molecule has 0 aliphatic carbocycles. The normalized spacial score (nSPS) is 10.9. The van der Waals surface area contributed by atoms with E-state index >= 15 is 0 Å². The third kappa shape index (κ3) is 8.05. The van der Waals surface area contributed by atoms with Crippen molar-refractivity contribution >= 4 is 35.8 Å². The van der Waals surface area contributed by atoms with E-state index in [2.05, 4.69) is 10.5 Å². The summed E-state index contributed by atoms with van der Waals surface area (Å²) in [5.41, 5.74) is 5.27. The van der Waals surface area contributed by atoms with Crippen molar-refractivity contribution in [2.75, 3.05) is 7.11 Å². The largest absolute Gasteiger partial charge is 0.493 e. The molecule has 1 amide bonds. The maximum atomic E-state index is 12.8. The number of carbonyl (C=O) groups is 2. The van der Waals surface area contributed by atoms with Crippen LogP contribution in [0.25, 0.3) is 6.08 Å². The number of rotatable bonds is 10. The lowest BCUT2D eigenvalue weighted by Gasteiger charge is -2.11. The topological polar surface area (TPSA) is 86.2 Å². The van der Waals surface area contributed by atoms with E-state index in [1.54, 1.807) is 60.7 Å². The summed E-state index contributed by atoms with van der Waals surface area (Å²) in [7, 11) is 1.47. The van der Waals surface area contributed by atoms with Crippen LogP contribution < -0.4 is 19.6 Å². The van der Waals surface area contributed by atoms with Gasteiger partial charge in [0.15, 0.2) is 11.5 Å². The fourth-order valence-electron chi connectivity index (χ4n) is 3.47. The summed E-state index contributed by atoms with van der Waals surface area (Å²) in [6.45, 7) is 0.281. The van der Waals surface area contributed by atoms with Gasteiger partial charge in [-0.25, -0.2) is 10.2 Å². The zero-order valence-corrected chi connectivity index (χ0v) is 21.8. The number of para-hydroxylation sites is 1. The Morgan fingerprint density at radius 2 is 1.59 bits per heavy atom. The molecule has 0 unspecified atom stereocenters. The molecule has 0 bridgehead atoms. The van der Waals surface area contributed by atoms with Crippen LogP contribution in [0.2, 0.25) is 5.02 Å². The number of esters is 1. The highest BCUT2D eigenvalue weighted by Crippen LogP contribution is 2.28. The Labute approximate surface area is 231 Å². The zero-order chi connectivity index (χ0) is 27.5. The summed E-state index contributed by atoms with van der Waals surface area (Å²) in [4.78, 5) is 25.0. The minimum Gasteiger partial charge on any atom is -0.493 e. The summed E-state index contributed by atoms with van der Waals surface area (Å²) >= 11 is 5.93. The Morgan fingerprint density at radius 1 is 0.846 bits per heavy atom. The Kier molecular flexibility index (Phi) is 9.47. The molecule has 0 fully saturated rings. The molecule has 4 aromatic rings. The molecule has 7 nitrogen and oxygen atoms in total. The van der Waals surface area contributed by atoms with Crippen molar-refractivity contribution in [3.05, 3.63) is 130 Å². The number of benzene rings is 4. The van der Waals surface area contributed by atoms with Crippen LogP contribution in [-0.4, -0.2) is 25.2 Å². The van der Waals surface area contributed by atoms with Crippen molar-refractivity contribution in [2.45, 2.75) is 6.61 Å². The molecule has 0 aliphatic heterocycles. The van der Waals surface area contributed by atoms with Gasteiger partial charge in [-0.2, -0.15) is 5.10 Å². The fraction of sp³-hybridized carbons (Fsp3) is 0.0645. The van der Waals surface area contributed by atoms with Crippen molar-refractivity contribution in [2.24, 2.45) is 5.10 Å². The predicted molar refractivity (Wildman–Crippen MR) is 151 cm³/mol. The third-order valence-electron chi connectivity index (χ3n) is 5.43. The second-order valence-corrected chi connectivity index (χ2v) is 8.62. The van der Waals surface area contributed by atoms with Crippen LogP contribution in [0.1, 0.15) is 27.0 Å². The minimum absolute atomic E-state index is 0.258. The molecule has 39 heavy (non-hydrogen) atoms. The Morgan fingerprint density at radius 3 is 2.36 bits per heavy atom. The lowest BCUT2D eigenvalue weighted by Crippen LogP contribution is -2.18. The highest BCUT2D eigenvalue weighted by molar-refractivity contribution is 6.30. The number of nitrogens with zero attached hydrogens (tertiary/aromatic N) is 1. The number of amides is 1. The van der Waals surface area contributed by atoms with E-state index in [4.69, 9.17) is 25.8 Å². The summed E-state index contributed by atoms with van der Waals surface area (Å²) in [5.74, 6) is 0.0543. The molecule has 0 aliphatic rings. The second kappa shape index (κ2) is 13.6. The van der Waals surface area contributed by atoms with Gasteiger partial charge in [0.1, 0.15) is 12.4 Å². The number of halogens is 1. The van der Waals surface area contributed by atoms with Crippen molar-refractivity contribution in [1.82, 2.24) is 5.43 Å². The van der Waals surface area contributed by atoms with Gasteiger partial charge in [0, 0.05) is 11.1 Å². The second-order valence-electron chi connectivity index (χ2n) is 8.19. The molecule has 4 rings (SSSR count). The lowest BCUT2D eigenvalue weighted by atomic mass is 10.2. The average Bonchev–Trinajstić information content (AvgIpc) is 2.97. The summed E-state index contributed by atoms with van der Waals surface area (Å²) in [6, 6.07) is 28.5. The molecular weight excluding hydrogens is 516 g/mol. The fourth-order valence-corrected chi connectivity index (χ4v) is 3.59. The van der Waals surface area contributed by atoms with Crippen LogP contribution in [-0.2, 0) is 11.4 Å². The maximum Gasteiger partial charge on any atom is 0.336 e. The Hall–Kier alpha value is -4.88. The first-order chi connectivity index (χ1) is 19.0. The molecule has 0 heterocycles. The monoisotopic (exact) mass is 540 g/mol. The summed E-state index contributed by atoms with van der Waals surface area (Å²) in [6.07, 6.45) is 4.47. The van der Waals surface area contributed by atoms with Gasteiger partial charge in [0.2, 0.25) is 0 Å². The molecule has 0 spiro atoms. The van der Waals surface area contributed by atoms with E-state index in [1.165, 1.54) is 19.4 Å². The van der Waals surface area contributed by atoms with Crippen molar-refractivity contribution < 1.29 is 23.8 Å². The molecule has 0 saturated heterocycles. The molecule has 0 atom stereocenters. The van der Waals surface area contributed by atoms with E-state index in [9.17, 15) is 9.59 Å². The number of hydrogen-bond donors (Lipinski definition) is 1.